The lowest BCUT2D eigenvalue weighted by Gasteiger charge is -2.31. The number of ether oxygens (including phenoxy) is 1. The van der Waals surface area contributed by atoms with Gasteiger partial charge in [0.2, 0.25) is 5.91 Å². The van der Waals surface area contributed by atoms with Crippen LogP contribution in [0.5, 0.6) is 5.75 Å². The highest BCUT2D eigenvalue weighted by atomic mass is 32.1. The number of nitrogens with one attached hydrogen (secondary N) is 1. The number of benzene rings is 1. The number of carbonyl (C=O) groups excluding carboxylic acids is 2. The predicted octanol–water partition coefficient (Wildman–Crippen LogP) is 3.77. The quantitative estimate of drug-likeness (QED) is 0.606. The number of hydrogen-bond donors (Lipinski definition) is 1. The summed E-state index contributed by atoms with van der Waals surface area (Å²) in [6.45, 7) is 3.73. The Labute approximate surface area is 185 Å². The molecule has 8 heteroatoms. The molecule has 3 aromatic rings. The fourth-order valence-electron chi connectivity index (χ4n) is 3.66. The number of nitrogens with zero attached hydrogens (tertiary/aromatic N) is 2. The van der Waals surface area contributed by atoms with Crippen molar-refractivity contribution in [1.29, 1.82) is 0 Å². The molecular formula is C23H25N3O4S. The second-order valence-electron chi connectivity index (χ2n) is 7.36. The average Bonchev–Trinajstić information content (AvgIpc) is 3.47. The Morgan fingerprint density at radius 1 is 1.23 bits per heavy atom. The molecule has 1 saturated heterocycles. The van der Waals surface area contributed by atoms with Gasteiger partial charge in [0.05, 0.1) is 30.5 Å². The van der Waals surface area contributed by atoms with Crippen LogP contribution >= 0.6 is 11.3 Å². The van der Waals surface area contributed by atoms with Crippen LogP contribution in [-0.4, -0.2) is 47.4 Å². The van der Waals surface area contributed by atoms with E-state index in [0.717, 1.165) is 34.9 Å². The van der Waals surface area contributed by atoms with Crippen LogP contribution in [-0.2, 0) is 11.2 Å². The maximum absolute atomic E-state index is 12.5. The van der Waals surface area contributed by atoms with Gasteiger partial charge < -0.3 is 19.4 Å². The van der Waals surface area contributed by atoms with E-state index in [0.29, 0.717) is 25.5 Å². The number of aromatic nitrogens is 1. The third-order valence-electron chi connectivity index (χ3n) is 5.19. The monoisotopic (exact) mass is 439 g/mol. The molecule has 0 unspecified atom stereocenters. The zero-order valence-corrected chi connectivity index (χ0v) is 18.2. The highest BCUT2D eigenvalue weighted by molar-refractivity contribution is 7.13. The summed E-state index contributed by atoms with van der Waals surface area (Å²) in [4.78, 5) is 31.3. The molecule has 1 fully saturated rings. The van der Waals surface area contributed by atoms with E-state index in [1.807, 2.05) is 36.6 Å². The molecule has 2 aromatic heterocycles. The molecule has 7 nitrogen and oxygen atoms in total. The number of carbonyl (C=O) groups is 2. The molecule has 0 spiro atoms. The fraction of sp³-hybridized carbons (Fsp3) is 0.348. The Bertz CT molecular complexity index is 1020. The van der Waals surface area contributed by atoms with E-state index in [1.54, 1.807) is 17.0 Å². The number of amides is 2. The molecule has 0 aliphatic carbocycles. The first-order valence-corrected chi connectivity index (χ1v) is 11.3. The van der Waals surface area contributed by atoms with Gasteiger partial charge in [0.1, 0.15) is 10.8 Å². The predicted molar refractivity (Wildman–Crippen MR) is 118 cm³/mol. The van der Waals surface area contributed by atoms with Gasteiger partial charge in [0.25, 0.3) is 5.91 Å². The number of piperidine rings is 1. The first-order chi connectivity index (χ1) is 15.1. The van der Waals surface area contributed by atoms with E-state index >= 15 is 0 Å². The highest BCUT2D eigenvalue weighted by Crippen LogP contribution is 2.32. The summed E-state index contributed by atoms with van der Waals surface area (Å²) >= 11 is 1.51. The molecule has 1 aliphatic rings. The molecule has 0 radical (unpaired) electrons. The van der Waals surface area contributed by atoms with Crippen LogP contribution < -0.4 is 10.1 Å². The van der Waals surface area contributed by atoms with Gasteiger partial charge in [0.15, 0.2) is 5.76 Å². The normalized spacial score (nSPS) is 14.4. The minimum atomic E-state index is -0.0999. The lowest BCUT2D eigenvalue weighted by atomic mass is 10.0. The maximum atomic E-state index is 12.5. The topological polar surface area (TPSA) is 84.7 Å². The van der Waals surface area contributed by atoms with Crippen molar-refractivity contribution in [3.05, 3.63) is 59.5 Å². The van der Waals surface area contributed by atoms with Crippen LogP contribution in [0.3, 0.4) is 0 Å². The van der Waals surface area contributed by atoms with Crippen molar-refractivity contribution in [3.63, 3.8) is 0 Å². The summed E-state index contributed by atoms with van der Waals surface area (Å²) < 4.78 is 10.9. The molecule has 31 heavy (non-hydrogen) atoms. The van der Waals surface area contributed by atoms with Crippen LogP contribution in [0.4, 0.5) is 0 Å². The average molecular weight is 440 g/mol. The van der Waals surface area contributed by atoms with E-state index in [1.165, 1.54) is 17.6 Å². The van der Waals surface area contributed by atoms with Crippen molar-refractivity contribution in [3.8, 4) is 16.3 Å². The lowest BCUT2D eigenvalue weighted by Crippen LogP contribution is -2.46. The molecule has 3 heterocycles. The van der Waals surface area contributed by atoms with Crippen LogP contribution in [0.15, 0.2) is 52.5 Å². The first-order valence-electron chi connectivity index (χ1n) is 10.4. The standard InChI is InChI=1S/C23H25N3O4S/c1-2-29-19-7-4-3-6-18(19)22-25-17(15-31-22)14-21(27)24-16-9-11-26(12-10-16)23(28)20-8-5-13-30-20/h3-8,13,15-16H,2,9-12,14H2,1H3,(H,24,27). The zero-order valence-electron chi connectivity index (χ0n) is 17.4. The third kappa shape index (κ3) is 5.14. The molecule has 1 aliphatic heterocycles. The molecular weight excluding hydrogens is 414 g/mol. The molecule has 0 bridgehead atoms. The van der Waals surface area contributed by atoms with Crippen molar-refractivity contribution in [2.75, 3.05) is 19.7 Å². The molecule has 1 aromatic carbocycles. The molecule has 162 valence electrons. The molecule has 2 amide bonds. The SMILES string of the molecule is CCOc1ccccc1-c1nc(CC(=O)NC2CCN(C(=O)c3ccco3)CC2)cs1. The van der Waals surface area contributed by atoms with Crippen molar-refractivity contribution in [2.45, 2.75) is 32.2 Å². The van der Waals surface area contributed by atoms with Crippen LogP contribution in [0, 0.1) is 0 Å². The molecule has 0 saturated carbocycles. The number of furan rings is 1. The van der Waals surface area contributed by atoms with Gasteiger partial charge in [0, 0.05) is 24.5 Å². The van der Waals surface area contributed by atoms with Gasteiger partial charge in [-0.05, 0) is 44.0 Å². The number of thiazole rings is 1. The summed E-state index contributed by atoms with van der Waals surface area (Å²) in [5, 5.41) is 5.84. The Morgan fingerprint density at radius 3 is 2.77 bits per heavy atom. The van der Waals surface area contributed by atoms with E-state index in [2.05, 4.69) is 10.3 Å². The van der Waals surface area contributed by atoms with Crippen molar-refractivity contribution >= 4 is 23.2 Å². The number of likely N-dealkylation sites (tertiary alicyclic amines) is 1. The summed E-state index contributed by atoms with van der Waals surface area (Å²) in [6, 6.07) is 11.2. The van der Waals surface area contributed by atoms with Gasteiger partial charge in [-0.2, -0.15) is 0 Å². The van der Waals surface area contributed by atoms with Gasteiger partial charge in [-0.1, -0.05) is 12.1 Å². The van der Waals surface area contributed by atoms with Gasteiger partial charge in [-0.25, -0.2) is 4.98 Å². The summed E-state index contributed by atoms with van der Waals surface area (Å²) in [6.07, 6.45) is 3.18. The smallest absolute Gasteiger partial charge is 0.289 e. The van der Waals surface area contributed by atoms with E-state index in [9.17, 15) is 9.59 Å². The number of para-hydroxylation sites is 1. The second-order valence-corrected chi connectivity index (χ2v) is 8.22. The minimum Gasteiger partial charge on any atom is -0.493 e. The van der Waals surface area contributed by atoms with Gasteiger partial charge in [-0.3, -0.25) is 9.59 Å². The van der Waals surface area contributed by atoms with Gasteiger partial charge in [-0.15, -0.1) is 11.3 Å². The molecule has 1 N–H and O–H groups in total. The van der Waals surface area contributed by atoms with Crippen molar-refractivity contribution < 1.29 is 18.7 Å². The number of hydrogen-bond acceptors (Lipinski definition) is 6. The van der Waals surface area contributed by atoms with Crippen LogP contribution in [0.2, 0.25) is 0 Å². The van der Waals surface area contributed by atoms with Crippen molar-refractivity contribution in [1.82, 2.24) is 15.2 Å². The van der Waals surface area contributed by atoms with E-state index in [-0.39, 0.29) is 24.3 Å². The Morgan fingerprint density at radius 2 is 2.03 bits per heavy atom. The summed E-state index contributed by atoms with van der Waals surface area (Å²) in [5.74, 6) is 1.00. The zero-order chi connectivity index (χ0) is 21.6. The Balaban J connectivity index is 1.29. The molecule has 4 rings (SSSR count). The van der Waals surface area contributed by atoms with E-state index in [4.69, 9.17) is 9.15 Å². The Kier molecular flexibility index (Phi) is 6.66. The fourth-order valence-corrected chi connectivity index (χ4v) is 4.51. The minimum absolute atomic E-state index is 0.0502. The molecule has 0 atom stereocenters. The van der Waals surface area contributed by atoms with Crippen LogP contribution in [0.25, 0.3) is 10.6 Å². The maximum Gasteiger partial charge on any atom is 0.289 e. The summed E-state index contributed by atoms with van der Waals surface area (Å²) in [5.41, 5.74) is 1.68. The largest absolute Gasteiger partial charge is 0.493 e. The number of rotatable bonds is 7. The van der Waals surface area contributed by atoms with Crippen molar-refractivity contribution in [2.24, 2.45) is 0 Å². The summed E-state index contributed by atoms with van der Waals surface area (Å²) in [7, 11) is 0. The second kappa shape index (κ2) is 9.78. The van der Waals surface area contributed by atoms with Gasteiger partial charge >= 0.3 is 0 Å². The third-order valence-corrected chi connectivity index (χ3v) is 6.11. The Hall–Kier alpha value is -3.13. The lowest BCUT2D eigenvalue weighted by molar-refractivity contribution is -0.121. The van der Waals surface area contributed by atoms with Crippen LogP contribution in [0.1, 0.15) is 36.0 Å². The van der Waals surface area contributed by atoms with E-state index < -0.39 is 0 Å². The first kappa shape index (κ1) is 21.1. The highest BCUT2D eigenvalue weighted by Gasteiger charge is 2.26.